The van der Waals surface area contributed by atoms with Gasteiger partial charge >= 0.3 is 0 Å². The predicted molar refractivity (Wildman–Crippen MR) is 176 cm³/mol. The molecule has 0 amide bonds. The van der Waals surface area contributed by atoms with E-state index in [1.807, 2.05) is 30.5 Å². The SMILES string of the molecule is Cc1csc2nc(-c3cnccn3)nc(Cl)c12.Cc1csc2nc(-c3cnccn3)nc(NCc3ccc4c(c3)OCCO4)c12. The van der Waals surface area contributed by atoms with E-state index in [4.69, 9.17) is 26.1 Å². The lowest BCUT2D eigenvalue weighted by molar-refractivity contribution is 0.171. The van der Waals surface area contributed by atoms with Crippen LogP contribution in [0.5, 0.6) is 11.5 Å². The van der Waals surface area contributed by atoms with Gasteiger partial charge in [0.1, 0.15) is 45.2 Å². The maximum absolute atomic E-state index is 6.17. The van der Waals surface area contributed by atoms with Crippen LogP contribution >= 0.6 is 34.3 Å². The maximum atomic E-state index is 6.17. The summed E-state index contributed by atoms with van der Waals surface area (Å²) in [5, 5.41) is 10.00. The second-order valence-electron chi connectivity index (χ2n) is 9.94. The van der Waals surface area contributed by atoms with E-state index in [2.05, 4.69) is 52.5 Å². The molecular formula is C31H24ClN9O2S2. The Kier molecular flexibility index (Phi) is 8.11. The van der Waals surface area contributed by atoms with Gasteiger partial charge in [0.25, 0.3) is 0 Å². The van der Waals surface area contributed by atoms with E-state index in [9.17, 15) is 0 Å². The van der Waals surface area contributed by atoms with Crippen molar-refractivity contribution in [3.63, 3.8) is 0 Å². The molecule has 0 spiro atoms. The second kappa shape index (κ2) is 12.6. The number of hydrogen-bond donors (Lipinski definition) is 1. The first-order valence-corrected chi connectivity index (χ1v) is 16.0. The fourth-order valence-corrected chi connectivity index (χ4v) is 6.90. The van der Waals surface area contributed by atoms with Crippen molar-refractivity contribution in [2.45, 2.75) is 20.4 Å². The fourth-order valence-electron chi connectivity index (χ4n) is 4.69. The van der Waals surface area contributed by atoms with Crippen LogP contribution in [0.1, 0.15) is 16.7 Å². The van der Waals surface area contributed by atoms with E-state index in [0.29, 0.717) is 47.9 Å². The molecule has 1 N–H and O–H groups in total. The highest BCUT2D eigenvalue weighted by molar-refractivity contribution is 7.17. The van der Waals surface area contributed by atoms with Gasteiger partial charge in [-0.05, 0) is 53.4 Å². The van der Waals surface area contributed by atoms with Gasteiger partial charge < -0.3 is 14.8 Å². The lowest BCUT2D eigenvalue weighted by atomic mass is 10.2. The van der Waals surface area contributed by atoms with Gasteiger partial charge in [-0.1, -0.05) is 17.7 Å². The fraction of sp³-hybridized carbons (Fsp3) is 0.161. The van der Waals surface area contributed by atoms with Crippen molar-refractivity contribution < 1.29 is 9.47 Å². The molecule has 7 aromatic rings. The van der Waals surface area contributed by atoms with Crippen LogP contribution < -0.4 is 14.8 Å². The van der Waals surface area contributed by atoms with E-state index < -0.39 is 0 Å². The lowest BCUT2D eigenvalue weighted by Crippen LogP contribution is -2.15. The van der Waals surface area contributed by atoms with Gasteiger partial charge in [-0.15, -0.1) is 22.7 Å². The Morgan fingerprint density at radius 2 is 1.38 bits per heavy atom. The number of hydrogen-bond acceptors (Lipinski definition) is 13. The number of thiophene rings is 2. The number of anilines is 1. The van der Waals surface area contributed by atoms with Gasteiger partial charge in [0.05, 0.1) is 23.2 Å². The van der Waals surface area contributed by atoms with E-state index in [0.717, 1.165) is 54.4 Å². The predicted octanol–water partition coefficient (Wildman–Crippen LogP) is 6.95. The van der Waals surface area contributed by atoms with E-state index in [1.165, 1.54) is 0 Å². The van der Waals surface area contributed by atoms with Crippen LogP contribution in [0.2, 0.25) is 5.15 Å². The van der Waals surface area contributed by atoms with E-state index in [-0.39, 0.29) is 0 Å². The highest BCUT2D eigenvalue weighted by Crippen LogP contribution is 2.34. The zero-order valence-corrected chi connectivity index (χ0v) is 26.4. The lowest BCUT2D eigenvalue weighted by Gasteiger charge is -2.19. The molecule has 1 aliphatic rings. The van der Waals surface area contributed by atoms with Gasteiger partial charge in [0.15, 0.2) is 23.1 Å². The van der Waals surface area contributed by atoms with Crippen molar-refractivity contribution in [1.82, 2.24) is 39.9 Å². The third-order valence-corrected chi connectivity index (χ3v) is 9.10. The Hall–Kier alpha value is -4.85. The van der Waals surface area contributed by atoms with Crippen LogP contribution in [0.25, 0.3) is 43.5 Å². The minimum Gasteiger partial charge on any atom is -0.486 e. The molecule has 0 bridgehead atoms. The highest BCUT2D eigenvalue weighted by atomic mass is 35.5. The van der Waals surface area contributed by atoms with Gasteiger partial charge in [-0.25, -0.2) is 29.9 Å². The van der Waals surface area contributed by atoms with Gasteiger partial charge in [0, 0.05) is 31.3 Å². The molecule has 11 nitrogen and oxygen atoms in total. The smallest absolute Gasteiger partial charge is 0.183 e. The molecule has 6 aromatic heterocycles. The molecule has 1 aromatic carbocycles. The Bertz CT molecular complexity index is 2130. The number of fused-ring (bicyclic) bond motifs is 3. The molecule has 0 saturated carbocycles. The molecule has 7 heterocycles. The Morgan fingerprint density at radius 1 is 0.756 bits per heavy atom. The summed E-state index contributed by atoms with van der Waals surface area (Å²) in [6.45, 7) is 5.84. The number of rotatable bonds is 5. The number of benzene rings is 1. The quantitative estimate of drug-likeness (QED) is 0.193. The molecule has 0 aliphatic carbocycles. The summed E-state index contributed by atoms with van der Waals surface area (Å²) in [6.07, 6.45) is 9.79. The summed E-state index contributed by atoms with van der Waals surface area (Å²) in [5.74, 6) is 3.44. The molecule has 0 radical (unpaired) electrons. The molecule has 224 valence electrons. The number of halogens is 1. The third-order valence-electron chi connectivity index (χ3n) is 6.84. The maximum Gasteiger partial charge on any atom is 0.183 e. The van der Waals surface area contributed by atoms with Gasteiger partial charge in [-0.3, -0.25) is 9.97 Å². The summed E-state index contributed by atoms with van der Waals surface area (Å²) in [7, 11) is 0. The zero-order chi connectivity index (χ0) is 30.8. The molecule has 0 atom stereocenters. The summed E-state index contributed by atoms with van der Waals surface area (Å²) >= 11 is 9.32. The number of aromatic nitrogens is 8. The minimum atomic E-state index is 0.467. The Morgan fingerprint density at radius 3 is 2.04 bits per heavy atom. The number of nitrogens with one attached hydrogen (secondary N) is 1. The molecule has 14 heteroatoms. The minimum absolute atomic E-state index is 0.467. The standard InChI is InChI=1S/C20H17N5O2S.C11H7ClN4S/c1-12-11-28-20-17(12)19(24-18(25-20)14-10-21-4-5-22-14)23-9-13-2-3-15-16(8-13)27-7-6-26-15;1-6-5-17-11-8(6)9(12)15-10(16-11)7-4-13-2-3-14-7/h2-5,8,10-11H,6-7,9H2,1H3,(H,23,24,25);2-5H,1H3. The average Bonchev–Trinajstić information content (AvgIpc) is 3.66. The summed E-state index contributed by atoms with van der Waals surface area (Å²) in [6, 6.07) is 5.98. The van der Waals surface area contributed by atoms with Crippen LogP contribution in [-0.2, 0) is 6.54 Å². The van der Waals surface area contributed by atoms with Crippen molar-refractivity contribution in [3.8, 4) is 34.5 Å². The number of nitrogens with zero attached hydrogens (tertiary/aromatic N) is 8. The first-order valence-electron chi connectivity index (χ1n) is 13.9. The van der Waals surface area contributed by atoms with Crippen LogP contribution in [0.15, 0.2) is 66.1 Å². The van der Waals surface area contributed by atoms with E-state index >= 15 is 0 Å². The molecule has 1 aliphatic heterocycles. The summed E-state index contributed by atoms with van der Waals surface area (Å²) in [5.41, 5.74) is 4.61. The topological polar surface area (TPSA) is 134 Å². The van der Waals surface area contributed by atoms with Crippen LogP contribution in [0, 0.1) is 13.8 Å². The monoisotopic (exact) mass is 653 g/mol. The zero-order valence-electron chi connectivity index (χ0n) is 24.1. The first-order chi connectivity index (χ1) is 22.0. The molecule has 0 saturated heterocycles. The van der Waals surface area contributed by atoms with Crippen LogP contribution in [-0.4, -0.2) is 53.1 Å². The summed E-state index contributed by atoms with van der Waals surface area (Å²) < 4.78 is 11.3. The molecule has 8 rings (SSSR count). The number of aryl methyl sites for hydroxylation is 2. The van der Waals surface area contributed by atoms with Crippen molar-refractivity contribution in [2.24, 2.45) is 0 Å². The second-order valence-corrected chi connectivity index (χ2v) is 12.0. The van der Waals surface area contributed by atoms with Gasteiger partial charge in [0.2, 0.25) is 0 Å². The number of ether oxygens (including phenoxy) is 2. The van der Waals surface area contributed by atoms with Gasteiger partial charge in [-0.2, -0.15) is 0 Å². The van der Waals surface area contributed by atoms with E-state index in [1.54, 1.807) is 59.9 Å². The molecule has 45 heavy (non-hydrogen) atoms. The van der Waals surface area contributed by atoms with Crippen molar-refractivity contribution in [3.05, 3.63) is 88.0 Å². The van der Waals surface area contributed by atoms with Crippen molar-refractivity contribution >= 4 is 60.5 Å². The van der Waals surface area contributed by atoms with Crippen LogP contribution in [0.4, 0.5) is 5.82 Å². The molecule has 0 fully saturated rings. The third kappa shape index (κ3) is 6.10. The Labute approximate surface area is 270 Å². The van der Waals surface area contributed by atoms with Crippen molar-refractivity contribution in [1.29, 1.82) is 0 Å². The first kappa shape index (κ1) is 28.9. The largest absolute Gasteiger partial charge is 0.486 e. The normalized spacial score (nSPS) is 12.2. The summed E-state index contributed by atoms with van der Waals surface area (Å²) in [4.78, 5) is 36.5. The average molecular weight is 654 g/mol. The van der Waals surface area contributed by atoms with Crippen molar-refractivity contribution in [2.75, 3.05) is 18.5 Å². The Balaban J connectivity index is 0.000000163. The van der Waals surface area contributed by atoms with Crippen LogP contribution in [0.3, 0.4) is 0 Å². The highest BCUT2D eigenvalue weighted by Gasteiger charge is 2.16. The molecular weight excluding hydrogens is 630 g/mol. The molecule has 0 unspecified atom stereocenters.